The van der Waals surface area contributed by atoms with Crippen molar-refractivity contribution in [2.45, 2.75) is 6.61 Å². The van der Waals surface area contributed by atoms with Gasteiger partial charge in [0.25, 0.3) is 0 Å². The summed E-state index contributed by atoms with van der Waals surface area (Å²) in [5.74, 6) is 0.605. The van der Waals surface area contributed by atoms with Crippen molar-refractivity contribution in [3.05, 3.63) is 47.1 Å². The minimum Gasteiger partial charge on any atom is -0.433 e. The van der Waals surface area contributed by atoms with Crippen molar-refractivity contribution in [1.82, 2.24) is 4.98 Å². The third-order valence-corrected chi connectivity index (χ3v) is 2.75. The van der Waals surface area contributed by atoms with Gasteiger partial charge in [-0.05, 0) is 40.2 Å². The van der Waals surface area contributed by atoms with Gasteiger partial charge >= 0.3 is 6.61 Å². The summed E-state index contributed by atoms with van der Waals surface area (Å²) in [6.07, 6.45) is 1.60. The number of para-hydroxylation sites is 2. The van der Waals surface area contributed by atoms with E-state index in [1.54, 1.807) is 36.5 Å². The van der Waals surface area contributed by atoms with Gasteiger partial charge in [0.15, 0.2) is 0 Å². The lowest BCUT2D eigenvalue weighted by atomic mass is 10.3. The van der Waals surface area contributed by atoms with Crippen molar-refractivity contribution in [3.63, 3.8) is 0 Å². The highest BCUT2D eigenvalue weighted by molar-refractivity contribution is 9.10. The first-order chi connectivity index (χ1) is 8.66. The van der Waals surface area contributed by atoms with E-state index in [4.69, 9.17) is 0 Å². The summed E-state index contributed by atoms with van der Waals surface area (Å²) in [6, 6.07) is 10.0. The van der Waals surface area contributed by atoms with Crippen LogP contribution in [-0.4, -0.2) is 11.6 Å². The number of ether oxygens (including phenoxy) is 1. The lowest BCUT2D eigenvalue weighted by Gasteiger charge is -2.12. The van der Waals surface area contributed by atoms with E-state index < -0.39 is 6.61 Å². The van der Waals surface area contributed by atoms with Crippen LogP contribution in [0.4, 0.5) is 20.3 Å². The lowest BCUT2D eigenvalue weighted by molar-refractivity contribution is -0.0493. The summed E-state index contributed by atoms with van der Waals surface area (Å²) >= 11 is 3.32. The van der Waals surface area contributed by atoms with Crippen LogP contribution in [0, 0.1) is 0 Å². The Morgan fingerprint density at radius 2 is 1.94 bits per heavy atom. The van der Waals surface area contributed by atoms with Gasteiger partial charge in [-0.15, -0.1) is 0 Å². The van der Waals surface area contributed by atoms with E-state index in [9.17, 15) is 8.78 Å². The zero-order valence-electron chi connectivity index (χ0n) is 9.11. The number of hydrogen-bond acceptors (Lipinski definition) is 3. The minimum atomic E-state index is -2.86. The first-order valence-corrected chi connectivity index (χ1v) is 5.87. The van der Waals surface area contributed by atoms with Crippen LogP contribution in [0.1, 0.15) is 0 Å². The molecule has 0 spiro atoms. The molecule has 6 heteroatoms. The van der Waals surface area contributed by atoms with Crippen LogP contribution >= 0.6 is 15.9 Å². The molecular weight excluding hydrogens is 306 g/mol. The number of pyridine rings is 1. The van der Waals surface area contributed by atoms with E-state index in [0.717, 1.165) is 4.47 Å². The fourth-order valence-electron chi connectivity index (χ4n) is 1.37. The van der Waals surface area contributed by atoms with E-state index in [1.165, 1.54) is 6.07 Å². The van der Waals surface area contributed by atoms with Crippen LogP contribution in [-0.2, 0) is 0 Å². The van der Waals surface area contributed by atoms with E-state index in [2.05, 4.69) is 31.0 Å². The number of alkyl halides is 2. The molecule has 18 heavy (non-hydrogen) atoms. The molecule has 0 radical (unpaired) electrons. The predicted octanol–water partition coefficient (Wildman–Crippen LogP) is 4.19. The molecule has 0 saturated carbocycles. The predicted molar refractivity (Wildman–Crippen MR) is 68.3 cm³/mol. The molecule has 2 rings (SSSR count). The molecule has 94 valence electrons. The Bertz CT molecular complexity index is 537. The second-order valence-electron chi connectivity index (χ2n) is 3.33. The van der Waals surface area contributed by atoms with Crippen molar-refractivity contribution < 1.29 is 13.5 Å². The molecule has 1 heterocycles. The van der Waals surface area contributed by atoms with Gasteiger partial charge in [-0.3, -0.25) is 0 Å². The summed E-state index contributed by atoms with van der Waals surface area (Å²) in [6.45, 7) is -2.86. The fourth-order valence-corrected chi connectivity index (χ4v) is 1.73. The SMILES string of the molecule is FC(F)Oc1ccccc1Nc1ncccc1Br. The number of nitrogens with zero attached hydrogens (tertiary/aromatic N) is 1. The highest BCUT2D eigenvalue weighted by Crippen LogP contribution is 2.30. The van der Waals surface area contributed by atoms with Crippen LogP contribution in [0.25, 0.3) is 0 Å². The van der Waals surface area contributed by atoms with Gasteiger partial charge in [0, 0.05) is 6.20 Å². The van der Waals surface area contributed by atoms with Crippen molar-refractivity contribution >= 4 is 27.4 Å². The van der Waals surface area contributed by atoms with Gasteiger partial charge in [0.1, 0.15) is 11.6 Å². The second kappa shape index (κ2) is 5.77. The maximum atomic E-state index is 12.2. The Hall–Kier alpha value is -1.69. The minimum absolute atomic E-state index is 0.0741. The summed E-state index contributed by atoms with van der Waals surface area (Å²) in [5, 5.41) is 2.93. The van der Waals surface area contributed by atoms with Crippen molar-refractivity contribution in [2.75, 3.05) is 5.32 Å². The summed E-state index contributed by atoms with van der Waals surface area (Å²) < 4.78 is 29.6. The van der Waals surface area contributed by atoms with Crippen LogP contribution in [0.3, 0.4) is 0 Å². The number of rotatable bonds is 4. The average molecular weight is 315 g/mol. The summed E-state index contributed by atoms with van der Waals surface area (Å²) in [7, 11) is 0. The standard InChI is InChI=1S/C12H9BrF2N2O/c13-8-4-3-7-16-11(8)17-9-5-1-2-6-10(9)18-12(14)15/h1-7,12H,(H,16,17). The van der Waals surface area contributed by atoms with Gasteiger partial charge < -0.3 is 10.1 Å². The normalized spacial score (nSPS) is 10.4. The maximum absolute atomic E-state index is 12.2. The average Bonchev–Trinajstić information content (AvgIpc) is 2.34. The van der Waals surface area contributed by atoms with Crippen molar-refractivity contribution in [2.24, 2.45) is 0 Å². The molecule has 1 aromatic heterocycles. The number of anilines is 2. The highest BCUT2D eigenvalue weighted by atomic mass is 79.9. The van der Waals surface area contributed by atoms with Crippen LogP contribution in [0.15, 0.2) is 47.1 Å². The molecule has 0 saturated heterocycles. The summed E-state index contributed by atoms with van der Waals surface area (Å²) in [4.78, 5) is 4.09. The van der Waals surface area contributed by atoms with Gasteiger partial charge in [-0.2, -0.15) is 8.78 Å². The largest absolute Gasteiger partial charge is 0.433 e. The number of hydrogen-bond donors (Lipinski definition) is 1. The third-order valence-electron chi connectivity index (χ3n) is 2.11. The van der Waals surface area contributed by atoms with E-state index >= 15 is 0 Å². The Labute approximate surface area is 111 Å². The van der Waals surface area contributed by atoms with E-state index in [0.29, 0.717) is 11.5 Å². The van der Waals surface area contributed by atoms with E-state index in [-0.39, 0.29) is 5.75 Å². The molecular formula is C12H9BrF2N2O. The molecule has 1 N–H and O–H groups in total. The van der Waals surface area contributed by atoms with Crippen molar-refractivity contribution in [1.29, 1.82) is 0 Å². The molecule has 0 amide bonds. The number of nitrogens with one attached hydrogen (secondary N) is 1. The number of aromatic nitrogens is 1. The van der Waals surface area contributed by atoms with Crippen molar-refractivity contribution in [3.8, 4) is 5.75 Å². The van der Waals surface area contributed by atoms with Crippen LogP contribution in [0.2, 0.25) is 0 Å². The fraction of sp³-hybridized carbons (Fsp3) is 0.0833. The molecule has 3 nitrogen and oxygen atoms in total. The monoisotopic (exact) mass is 314 g/mol. The number of halogens is 3. The first-order valence-electron chi connectivity index (χ1n) is 5.08. The maximum Gasteiger partial charge on any atom is 0.387 e. The Morgan fingerprint density at radius 3 is 2.67 bits per heavy atom. The second-order valence-corrected chi connectivity index (χ2v) is 4.19. The third kappa shape index (κ3) is 3.16. The molecule has 1 aromatic carbocycles. The van der Waals surface area contributed by atoms with Gasteiger partial charge in [-0.25, -0.2) is 4.98 Å². The molecule has 0 fully saturated rings. The molecule has 0 aliphatic heterocycles. The van der Waals surface area contributed by atoms with Gasteiger partial charge in [0.2, 0.25) is 0 Å². The molecule has 0 atom stereocenters. The number of benzene rings is 1. The zero-order chi connectivity index (χ0) is 13.0. The summed E-state index contributed by atoms with van der Waals surface area (Å²) in [5.41, 5.74) is 0.428. The Balaban J connectivity index is 2.26. The molecule has 0 bridgehead atoms. The van der Waals surface area contributed by atoms with Gasteiger partial charge in [0.05, 0.1) is 10.2 Å². The molecule has 0 unspecified atom stereocenters. The first kappa shape index (κ1) is 12.8. The Morgan fingerprint density at radius 1 is 1.17 bits per heavy atom. The van der Waals surface area contributed by atoms with Gasteiger partial charge in [-0.1, -0.05) is 12.1 Å². The molecule has 0 aliphatic carbocycles. The molecule has 0 aliphatic rings. The van der Waals surface area contributed by atoms with Crippen LogP contribution < -0.4 is 10.1 Å². The van der Waals surface area contributed by atoms with E-state index in [1.807, 2.05) is 0 Å². The highest BCUT2D eigenvalue weighted by Gasteiger charge is 2.10. The zero-order valence-corrected chi connectivity index (χ0v) is 10.7. The Kier molecular flexibility index (Phi) is 4.09. The quantitative estimate of drug-likeness (QED) is 0.918. The smallest absolute Gasteiger partial charge is 0.387 e. The topological polar surface area (TPSA) is 34.1 Å². The van der Waals surface area contributed by atoms with Crippen LogP contribution in [0.5, 0.6) is 5.75 Å². The molecule has 2 aromatic rings. The lowest BCUT2D eigenvalue weighted by Crippen LogP contribution is -2.04.